The molecule has 0 aliphatic heterocycles. The van der Waals surface area contributed by atoms with Gasteiger partial charge in [0.2, 0.25) is 0 Å². The van der Waals surface area contributed by atoms with Crippen LogP contribution in [0.25, 0.3) is 0 Å². The maximum absolute atomic E-state index is 10.8. The highest BCUT2D eigenvalue weighted by atomic mass is 32.2. The molecule has 0 N–H and O–H groups in total. The summed E-state index contributed by atoms with van der Waals surface area (Å²) in [5.41, 5.74) is 0. The Labute approximate surface area is 103 Å². The van der Waals surface area contributed by atoms with E-state index >= 15 is 0 Å². The second-order valence-corrected chi connectivity index (χ2v) is 5.72. The zero-order chi connectivity index (χ0) is 13.0. The Morgan fingerprint density at radius 1 is 0.765 bits per heavy atom. The Hall–Kier alpha value is -0.210. The Kier molecular flexibility index (Phi) is 10.8. The molecule has 7 heteroatoms. The van der Waals surface area contributed by atoms with E-state index in [4.69, 9.17) is 18.9 Å². The number of hydrogen-bond donors (Lipinski definition) is 0. The Balaban J connectivity index is 3.04. The molecular formula is C10H22O6S. The minimum absolute atomic E-state index is 0.0487. The van der Waals surface area contributed by atoms with Gasteiger partial charge in [-0.15, -0.1) is 0 Å². The van der Waals surface area contributed by atoms with Gasteiger partial charge in [-0.05, 0) is 0 Å². The normalized spacial score (nSPS) is 11.9. The first kappa shape index (κ1) is 16.8. The van der Waals surface area contributed by atoms with Crippen molar-refractivity contribution in [3.8, 4) is 0 Å². The van der Waals surface area contributed by atoms with Gasteiger partial charge < -0.3 is 18.9 Å². The largest absolute Gasteiger partial charge is 0.382 e. The van der Waals surface area contributed by atoms with Gasteiger partial charge in [0, 0.05) is 13.4 Å². The molecular weight excluding hydrogens is 248 g/mol. The van der Waals surface area contributed by atoms with Crippen LogP contribution in [-0.4, -0.2) is 73.8 Å². The second kappa shape index (κ2) is 10.9. The SMILES string of the molecule is COCCOCCOCCOCCS(C)(=O)=O. The maximum atomic E-state index is 10.8. The summed E-state index contributed by atoms with van der Waals surface area (Å²) in [6, 6.07) is 0. The number of ether oxygens (including phenoxy) is 4. The summed E-state index contributed by atoms with van der Waals surface area (Å²) < 4.78 is 41.8. The predicted molar refractivity (Wildman–Crippen MR) is 64.0 cm³/mol. The molecule has 0 saturated carbocycles. The number of hydrogen-bond acceptors (Lipinski definition) is 6. The van der Waals surface area contributed by atoms with Crippen molar-refractivity contribution < 1.29 is 27.4 Å². The number of methoxy groups -OCH3 is 1. The van der Waals surface area contributed by atoms with Crippen LogP contribution in [0.15, 0.2) is 0 Å². The van der Waals surface area contributed by atoms with Crippen LogP contribution in [-0.2, 0) is 28.8 Å². The summed E-state index contributed by atoms with van der Waals surface area (Å²) in [7, 11) is -1.31. The summed E-state index contributed by atoms with van der Waals surface area (Å²) in [6.45, 7) is 3.21. The van der Waals surface area contributed by atoms with Crippen molar-refractivity contribution in [2.45, 2.75) is 0 Å². The summed E-state index contributed by atoms with van der Waals surface area (Å²) in [6.07, 6.45) is 1.18. The van der Waals surface area contributed by atoms with E-state index in [1.54, 1.807) is 7.11 Å². The van der Waals surface area contributed by atoms with Crippen LogP contribution < -0.4 is 0 Å². The molecule has 0 spiro atoms. The van der Waals surface area contributed by atoms with E-state index in [9.17, 15) is 8.42 Å². The zero-order valence-corrected chi connectivity index (χ0v) is 11.3. The monoisotopic (exact) mass is 270 g/mol. The van der Waals surface area contributed by atoms with Gasteiger partial charge in [-0.1, -0.05) is 0 Å². The summed E-state index contributed by atoms with van der Waals surface area (Å²) in [4.78, 5) is 0. The highest BCUT2D eigenvalue weighted by Gasteiger charge is 2.00. The van der Waals surface area contributed by atoms with Gasteiger partial charge in [0.25, 0.3) is 0 Å². The Morgan fingerprint density at radius 3 is 1.59 bits per heavy atom. The molecule has 0 radical (unpaired) electrons. The predicted octanol–water partition coefficient (Wildman–Crippen LogP) is -0.273. The fourth-order valence-corrected chi connectivity index (χ4v) is 1.32. The molecule has 0 heterocycles. The molecule has 0 bridgehead atoms. The van der Waals surface area contributed by atoms with E-state index in [1.165, 1.54) is 6.26 Å². The topological polar surface area (TPSA) is 71.1 Å². The minimum atomic E-state index is -2.93. The fraction of sp³-hybridized carbons (Fsp3) is 1.00. The van der Waals surface area contributed by atoms with E-state index in [0.29, 0.717) is 39.6 Å². The fourth-order valence-electron chi connectivity index (χ4n) is 0.894. The van der Waals surface area contributed by atoms with E-state index in [0.717, 1.165) is 0 Å². The van der Waals surface area contributed by atoms with Gasteiger partial charge in [0.05, 0.1) is 52.0 Å². The van der Waals surface area contributed by atoms with Crippen LogP contribution in [0.1, 0.15) is 0 Å². The van der Waals surface area contributed by atoms with Crippen molar-refractivity contribution in [3.05, 3.63) is 0 Å². The molecule has 0 aliphatic rings. The maximum Gasteiger partial charge on any atom is 0.149 e. The molecule has 0 amide bonds. The first-order valence-corrected chi connectivity index (χ1v) is 7.52. The molecule has 0 atom stereocenters. The first-order chi connectivity index (χ1) is 8.06. The standard InChI is InChI=1S/C10H22O6S/c1-13-3-4-14-5-6-15-7-8-16-9-10-17(2,11)12/h3-10H2,1-2H3. The van der Waals surface area contributed by atoms with Crippen molar-refractivity contribution in [3.63, 3.8) is 0 Å². The third-order valence-corrected chi connectivity index (χ3v) is 2.68. The van der Waals surface area contributed by atoms with E-state index < -0.39 is 9.84 Å². The van der Waals surface area contributed by atoms with Gasteiger partial charge in [-0.2, -0.15) is 0 Å². The summed E-state index contributed by atoms with van der Waals surface area (Å²) in [5.74, 6) is 0.0487. The Bertz CT molecular complexity index is 252. The molecule has 0 saturated heterocycles. The van der Waals surface area contributed by atoms with Crippen LogP contribution in [0.5, 0.6) is 0 Å². The third-order valence-electron chi connectivity index (χ3n) is 1.77. The van der Waals surface area contributed by atoms with E-state index in [-0.39, 0.29) is 12.4 Å². The smallest absolute Gasteiger partial charge is 0.149 e. The van der Waals surface area contributed by atoms with Crippen molar-refractivity contribution in [2.75, 3.05) is 65.4 Å². The molecule has 0 aromatic rings. The highest BCUT2D eigenvalue weighted by molar-refractivity contribution is 7.90. The van der Waals surface area contributed by atoms with Gasteiger partial charge in [-0.25, -0.2) is 8.42 Å². The quantitative estimate of drug-likeness (QED) is 0.455. The first-order valence-electron chi connectivity index (χ1n) is 5.46. The summed E-state index contributed by atoms with van der Waals surface area (Å²) in [5, 5.41) is 0. The zero-order valence-electron chi connectivity index (χ0n) is 10.5. The average Bonchev–Trinajstić information content (AvgIpc) is 2.24. The highest BCUT2D eigenvalue weighted by Crippen LogP contribution is 1.85. The van der Waals surface area contributed by atoms with Crippen molar-refractivity contribution in [1.82, 2.24) is 0 Å². The molecule has 104 valence electrons. The molecule has 0 fully saturated rings. The van der Waals surface area contributed by atoms with Crippen molar-refractivity contribution in [2.24, 2.45) is 0 Å². The van der Waals surface area contributed by atoms with E-state index in [1.807, 2.05) is 0 Å². The Morgan fingerprint density at radius 2 is 1.18 bits per heavy atom. The average molecular weight is 270 g/mol. The number of sulfone groups is 1. The van der Waals surface area contributed by atoms with Gasteiger partial charge in [-0.3, -0.25) is 0 Å². The van der Waals surface area contributed by atoms with Crippen molar-refractivity contribution >= 4 is 9.84 Å². The summed E-state index contributed by atoms with van der Waals surface area (Å²) >= 11 is 0. The molecule has 0 aromatic heterocycles. The van der Waals surface area contributed by atoms with Crippen LogP contribution in [0, 0.1) is 0 Å². The van der Waals surface area contributed by atoms with Crippen LogP contribution in [0.2, 0.25) is 0 Å². The lowest BCUT2D eigenvalue weighted by molar-refractivity contribution is 0.00555. The molecule has 0 aromatic carbocycles. The van der Waals surface area contributed by atoms with Gasteiger partial charge >= 0.3 is 0 Å². The van der Waals surface area contributed by atoms with Gasteiger partial charge in [0.1, 0.15) is 9.84 Å². The van der Waals surface area contributed by atoms with Crippen LogP contribution >= 0.6 is 0 Å². The molecule has 0 rings (SSSR count). The molecule has 6 nitrogen and oxygen atoms in total. The molecule has 0 unspecified atom stereocenters. The minimum Gasteiger partial charge on any atom is -0.382 e. The molecule has 17 heavy (non-hydrogen) atoms. The molecule has 0 aliphatic carbocycles. The van der Waals surface area contributed by atoms with Crippen LogP contribution in [0.4, 0.5) is 0 Å². The third kappa shape index (κ3) is 15.8. The lowest BCUT2D eigenvalue weighted by Crippen LogP contribution is -2.14. The second-order valence-electron chi connectivity index (χ2n) is 3.46. The lowest BCUT2D eigenvalue weighted by atomic mass is 10.7. The van der Waals surface area contributed by atoms with Crippen LogP contribution in [0.3, 0.4) is 0 Å². The van der Waals surface area contributed by atoms with E-state index in [2.05, 4.69) is 0 Å². The number of rotatable bonds is 12. The van der Waals surface area contributed by atoms with Crippen molar-refractivity contribution in [1.29, 1.82) is 0 Å². The van der Waals surface area contributed by atoms with Gasteiger partial charge in [0.15, 0.2) is 0 Å². The lowest BCUT2D eigenvalue weighted by Gasteiger charge is -2.06.